The monoisotopic (exact) mass is 535 g/mol. The third kappa shape index (κ3) is 4.25. The van der Waals surface area contributed by atoms with Gasteiger partial charge >= 0.3 is 0 Å². The van der Waals surface area contributed by atoms with Crippen LogP contribution in [0.1, 0.15) is 41.0 Å². The topological polar surface area (TPSA) is 53.7 Å². The number of likely N-dealkylation sites (tertiary alicyclic amines) is 1. The molecule has 0 spiro atoms. The van der Waals surface area contributed by atoms with Crippen LogP contribution in [0.25, 0.3) is 5.69 Å². The SMILES string of the molecule is O=C1C2=CC(Cc3ccc(-n4cccn4)cc3)c3c(F)ccc(F)c3C2=NN1c1ccccc1CN1CCCC1. The molecule has 1 saturated heterocycles. The van der Waals surface area contributed by atoms with E-state index in [1.54, 1.807) is 17.0 Å². The Morgan fingerprint density at radius 3 is 2.45 bits per heavy atom. The molecule has 7 rings (SSSR count). The first-order valence-electron chi connectivity index (χ1n) is 13.6. The maximum Gasteiger partial charge on any atom is 0.280 e. The molecule has 1 amide bonds. The van der Waals surface area contributed by atoms with Crippen LogP contribution in [0.15, 0.2) is 95.9 Å². The van der Waals surface area contributed by atoms with Gasteiger partial charge in [-0.15, -0.1) is 0 Å². The van der Waals surface area contributed by atoms with Crippen molar-refractivity contribution in [1.82, 2.24) is 14.7 Å². The number of hydrazone groups is 1. The molecule has 6 nitrogen and oxygen atoms in total. The Labute approximate surface area is 230 Å². The molecule has 1 aromatic heterocycles. The average Bonchev–Trinajstić information content (AvgIpc) is 3.75. The second kappa shape index (κ2) is 9.95. The lowest BCUT2D eigenvalue weighted by molar-refractivity contribution is -0.114. The van der Waals surface area contributed by atoms with E-state index in [9.17, 15) is 4.79 Å². The average molecular weight is 536 g/mol. The summed E-state index contributed by atoms with van der Waals surface area (Å²) in [5, 5.41) is 10.2. The Morgan fingerprint density at radius 2 is 1.68 bits per heavy atom. The molecule has 3 heterocycles. The number of halogens is 2. The molecule has 4 aromatic rings. The highest BCUT2D eigenvalue weighted by Crippen LogP contribution is 2.40. The van der Waals surface area contributed by atoms with Crippen LogP contribution in [0, 0.1) is 11.6 Å². The van der Waals surface area contributed by atoms with Crippen LogP contribution in [-0.2, 0) is 17.8 Å². The fourth-order valence-corrected chi connectivity index (χ4v) is 6.02. The molecular formula is C32H27F2N5O. The zero-order valence-corrected chi connectivity index (χ0v) is 21.8. The van der Waals surface area contributed by atoms with Gasteiger partial charge in [-0.05, 0) is 79.9 Å². The van der Waals surface area contributed by atoms with Crippen molar-refractivity contribution in [2.45, 2.75) is 31.7 Å². The summed E-state index contributed by atoms with van der Waals surface area (Å²) in [5.41, 5.74) is 4.30. The zero-order chi connectivity index (χ0) is 27.2. The van der Waals surface area contributed by atoms with E-state index in [1.165, 1.54) is 5.01 Å². The first kappa shape index (κ1) is 24.6. The molecule has 3 aliphatic rings. The molecule has 0 radical (unpaired) electrons. The number of carbonyl (C=O) groups excluding carboxylic acids is 1. The van der Waals surface area contributed by atoms with Crippen LogP contribution in [-0.4, -0.2) is 39.4 Å². The molecule has 3 aromatic carbocycles. The molecule has 1 unspecified atom stereocenters. The third-order valence-electron chi connectivity index (χ3n) is 7.97. The van der Waals surface area contributed by atoms with Gasteiger partial charge in [0.1, 0.15) is 17.3 Å². The number of aromatic nitrogens is 2. The highest BCUT2D eigenvalue weighted by molar-refractivity contribution is 6.36. The summed E-state index contributed by atoms with van der Waals surface area (Å²) in [6.45, 7) is 2.75. The summed E-state index contributed by atoms with van der Waals surface area (Å²) in [6.07, 6.45) is 8.06. The number of rotatable bonds is 6. The number of fused-ring (bicyclic) bond motifs is 3. The summed E-state index contributed by atoms with van der Waals surface area (Å²) >= 11 is 0. The number of hydrogen-bond donors (Lipinski definition) is 0. The molecule has 0 bridgehead atoms. The van der Waals surface area contributed by atoms with E-state index in [-0.39, 0.29) is 22.7 Å². The van der Waals surface area contributed by atoms with Crippen molar-refractivity contribution in [3.63, 3.8) is 0 Å². The quantitative estimate of drug-likeness (QED) is 0.315. The van der Waals surface area contributed by atoms with Gasteiger partial charge in [-0.2, -0.15) is 15.2 Å². The van der Waals surface area contributed by atoms with Crippen molar-refractivity contribution in [2.75, 3.05) is 18.1 Å². The van der Waals surface area contributed by atoms with E-state index in [4.69, 9.17) is 0 Å². The van der Waals surface area contributed by atoms with Crippen molar-refractivity contribution in [3.05, 3.63) is 125 Å². The van der Waals surface area contributed by atoms with Gasteiger partial charge in [0.2, 0.25) is 0 Å². The second-order valence-electron chi connectivity index (χ2n) is 10.5. The Morgan fingerprint density at radius 1 is 0.900 bits per heavy atom. The molecule has 1 aliphatic carbocycles. The minimum atomic E-state index is -0.584. The van der Waals surface area contributed by atoms with E-state index in [2.05, 4.69) is 15.1 Å². The number of anilines is 1. The Kier molecular flexibility index (Phi) is 6.12. The van der Waals surface area contributed by atoms with Crippen LogP contribution >= 0.6 is 0 Å². The zero-order valence-electron chi connectivity index (χ0n) is 21.8. The number of nitrogens with zero attached hydrogens (tertiary/aromatic N) is 5. The third-order valence-corrected chi connectivity index (χ3v) is 7.97. The van der Waals surface area contributed by atoms with E-state index in [0.717, 1.165) is 54.9 Å². The number of para-hydroxylation sites is 1. The van der Waals surface area contributed by atoms with Crippen LogP contribution in [0.2, 0.25) is 0 Å². The van der Waals surface area contributed by atoms with E-state index in [1.807, 2.05) is 60.8 Å². The van der Waals surface area contributed by atoms with Crippen molar-refractivity contribution in [3.8, 4) is 5.69 Å². The van der Waals surface area contributed by atoms with Crippen molar-refractivity contribution < 1.29 is 13.6 Å². The fourth-order valence-electron chi connectivity index (χ4n) is 6.02. The van der Waals surface area contributed by atoms with Crippen LogP contribution < -0.4 is 5.01 Å². The first-order valence-corrected chi connectivity index (χ1v) is 13.6. The van der Waals surface area contributed by atoms with Crippen LogP contribution in [0.3, 0.4) is 0 Å². The second-order valence-corrected chi connectivity index (χ2v) is 10.5. The van der Waals surface area contributed by atoms with Crippen molar-refractivity contribution in [2.24, 2.45) is 5.10 Å². The molecule has 2 aliphatic heterocycles. The number of amides is 1. The molecular weight excluding hydrogens is 508 g/mol. The first-order chi connectivity index (χ1) is 19.6. The van der Waals surface area contributed by atoms with Crippen LogP contribution in [0.5, 0.6) is 0 Å². The van der Waals surface area contributed by atoms with E-state index >= 15 is 8.78 Å². The van der Waals surface area contributed by atoms with Gasteiger partial charge in [0.25, 0.3) is 5.91 Å². The van der Waals surface area contributed by atoms with Crippen LogP contribution in [0.4, 0.5) is 14.5 Å². The predicted octanol–water partition coefficient (Wildman–Crippen LogP) is 5.76. The lowest BCUT2D eigenvalue weighted by atomic mass is 9.79. The minimum Gasteiger partial charge on any atom is -0.299 e. The standard InChI is InChI=1S/C32H27F2N5O/c33-26-12-13-27(34)30-29(26)23(18-21-8-10-24(11-9-21)38-17-5-14-35-38)19-25-31(30)36-39(32(25)40)28-7-2-1-6-22(28)20-37-15-3-4-16-37/h1-2,5-14,17,19,23H,3-4,15-16,18,20H2. The minimum absolute atomic E-state index is 0.0727. The molecule has 1 atom stereocenters. The van der Waals surface area contributed by atoms with E-state index < -0.39 is 17.6 Å². The fraction of sp³-hybridized carbons (Fsp3) is 0.219. The Bertz CT molecular complexity index is 1650. The predicted molar refractivity (Wildman–Crippen MR) is 149 cm³/mol. The van der Waals surface area contributed by atoms with Gasteiger partial charge in [0.05, 0.1) is 16.9 Å². The van der Waals surface area contributed by atoms with Gasteiger partial charge in [0, 0.05) is 36.0 Å². The number of hydrogen-bond acceptors (Lipinski definition) is 4. The number of allylic oxidation sites excluding steroid dienone is 1. The van der Waals surface area contributed by atoms with Gasteiger partial charge in [0.15, 0.2) is 0 Å². The molecule has 40 heavy (non-hydrogen) atoms. The number of benzene rings is 3. The molecule has 200 valence electrons. The van der Waals surface area contributed by atoms with Gasteiger partial charge in [-0.3, -0.25) is 9.69 Å². The summed E-state index contributed by atoms with van der Waals surface area (Å²) in [5.74, 6) is -1.94. The lowest BCUT2D eigenvalue weighted by Gasteiger charge is -2.24. The molecule has 1 fully saturated rings. The lowest BCUT2D eigenvalue weighted by Crippen LogP contribution is -2.26. The normalized spacial score (nSPS) is 18.5. The summed E-state index contributed by atoms with van der Waals surface area (Å²) in [7, 11) is 0. The maximum absolute atomic E-state index is 15.4. The highest BCUT2D eigenvalue weighted by atomic mass is 19.1. The molecule has 0 N–H and O–H groups in total. The molecule has 8 heteroatoms. The van der Waals surface area contributed by atoms with Gasteiger partial charge in [-0.25, -0.2) is 13.5 Å². The van der Waals surface area contributed by atoms with E-state index in [0.29, 0.717) is 24.2 Å². The van der Waals surface area contributed by atoms with Gasteiger partial charge < -0.3 is 0 Å². The maximum atomic E-state index is 15.4. The smallest absolute Gasteiger partial charge is 0.280 e. The summed E-state index contributed by atoms with van der Waals surface area (Å²) < 4.78 is 32.5. The van der Waals surface area contributed by atoms with Crippen molar-refractivity contribution >= 4 is 17.3 Å². The largest absolute Gasteiger partial charge is 0.299 e. The van der Waals surface area contributed by atoms with Gasteiger partial charge in [-0.1, -0.05) is 36.4 Å². The summed E-state index contributed by atoms with van der Waals surface area (Å²) in [4.78, 5) is 16.2. The Hall–Kier alpha value is -4.43. The molecule has 0 saturated carbocycles. The number of carbonyl (C=O) groups is 1. The Balaban J connectivity index is 1.26. The van der Waals surface area contributed by atoms with Crippen molar-refractivity contribution in [1.29, 1.82) is 0 Å². The highest BCUT2D eigenvalue weighted by Gasteiger charge is 2.40. The summed E-state index contributed by atoms with van der Waals surface area (Å²) in [6, 6.07) is 19.6.